The molecule has 1 N–H and O–H groups in total. The number of rotatable bonds is 4. The molecule has 2 amide bonds. The standard InChI is InChI=1S/C18H24ClN3O2/c19-16-8-4-3-7-15(16)18(24)20-13-17(23)22-11-9-21(10-12-22)14-5-1-2-6-14/h3-4,7-8,14H,1-2,5-6,9-13H2,(H,20,24). The average Bonchev–Trinajstić information content (AvgIpc) is 3.14. The third-order valence-corrected chi connectivity index (χ3v) is 5.36. The Morgan fingerprint density at radius 1 is 1.08 bits per heavy atom. The van der Waals surface area contributed by atoms with Gasteiger partial charge in [0, 0.05) is 32.2 Å². The zero-order valence-corrected chi connectivity index (χ0v) is 14.6. The van der Waals surface area contributed by atoms with Gasteiger partial charge >= 0.3 is 0 Å². The van der Waals surface area contributed by atoms with Crippen LogP contribution in [0.25, 0.3) is 0 Å². The molecule has 1 aromatic carbocycles. The Hall–Kier alpha value is -1.59. The molecule has 1 aliphatic heterocycles. The Balaban J connectivity index is 1.44. The minimum Gasteiger partial charge on any atom is -0.343 e. The second-order valence-corrected chi connectivity index (χ2v) is 6.92. The monoisotopic (exact) mass is 349 g/mol. The fraction of sp³-hybridized carbons (Fsp3) is 0.556. The predicted molar refractivity (Wildman–Crippen MR) is 94.2 cm³/mol. The normalized spacial score (nSPS) is 19.5. The van der Waals surface area contributed by atoms with Crippen LogP contribution in [0.4, 0.5) is 0 Å². The maximum Gasteiger partial charge on any atom is 0.253 e. The molecule has 1 aliphatic carbocycles. The van der Waals surface area contributed by atoms with Gasteiger partial charge < -0.3 is 10.2 Å². The molecular weight excluding hydrogens is 326 g/mol. The Bertz CT molecular complexity index is 594. The molecule has 5 nitrogen and oxygen atoms in total. The fourth-order valence-corrected chi connectivity index (χ4v) is 3.84. The van der Waals surface area contributed by atoms with Crippen LogP contribution >= 0.6 is 11.6 Å². The first-order valence-corrected chi connectivity index (χ1v) is 9.07. The smallest absolute Gasteiger partial charge is 0.253 e. The molecular formula is C18H24ClN3O2. The van der Waals surface area contributed by atoms with Crippen molar-refractivity contribution in [2.45, 2.75) is 31.7 Å². The number of amides is 2. The molecule has 0 spiro atoms. The van der Waals surface area contributed by atoms with Gasteiger partial charge in [-0.05, 0) is 25.0 Å². The van der Waals surface area contributed by atoms with Gasteiger partial charge in [-0.1, -0.05) is 36.6 Å². The molecule has 24 heavy (non-hydrogen) atoms. The van der Waals surface area contributed by atoms with E-state index in [4.69, 9.17) is 11.6 Å². The molecule has 2 fully saturated rings. The van der Waals surface area contributed by atoms with Gasteiger partial charge in [0.05, 0.1) is 17.1 Å². The van der Waals surface area contributed by atoms with Crippen LogP contribution in [0.2, 0.25) is 5.02 Å². The number of carbonyl (C=O) groups is 2. The number of benzene rings is 1. The van der Waals surface area contributed by atoms with Crippen molar-refractivity contribution in [1.29, 1.82) is 0 Å². The van der Waals surface area contributed by atoms with Crippen LogP contribution in [0.5, 0.6) is 0 Å². The third-order valence-electron chi connectivity index (χ3n) is 5.03. The van der Waals surface area contributed by atoms with E-state index in [1.807, 2.05) is 4.90 Å². The number of hydrogen-bond acceptors (Lipinski definition) is 3. The molecule has 1 saturated carbocycles. The topological polar surface area (TPSA) is 52.7 Å². The van der Waals surface area contributed by atoms with E-state index in [1.54, 1.807) is 24.3 Å². The van der Waals surface area contributed by atoms with Gasteiger partial charge in [0.15, 0.2) is 0 Å². The highest BCUT2D eigenvalue weighted by molar-refractivity contribution is 6.33. The van der Waals surface area contributed by atoms with Gasteiger partial charge in [-0.25, -0.2) is 0 Å². The quantitative estimate of drug-likeness (QED) is 0.906. The molecule has 3 rings (SSSR count). The Labute approximate surface area is 147 Å². The summed E-state index contributed by atoms with van der Waals surface area (Å²) in [6, 6.07) is 7.56. The molecule has 0 bridgehead atoms. The minimum absolute atomic E-state index is 0.0213. The van der Waals surface area contributed by atoms with E-state index >= 15 is 0 Å². The van der Waals surface area contributed by atoms with Crippen LogP contribution in [0.3, 0.4) is 0 Å². The van der Waals surface area contributed by atoms with Gasteiger partial charge in [0.1, 0.15) is 0 Å². The maximum absolute atomic E-state index is 12.3. The minimum atomic E-state index is -0.307. The zero-order chi connectivity index (χ0) is 16.9. The van der Waals surface area contributed by atoms with Gasteiger partial charge in [-0.2, -0.15) is 0 Å². The predicted octanol–water partition coefficient (Wildman–Crippen LogP) is 2.16. The molecule has 0 atom stereocenters. The van der Waals surface area contributed by atoms with Crippen LogP contribution in [0.15, 0.2) is 24.3 Å². The van der Waals surface area contributed by atoms with Gasteiger partial charge in [0.25, 0.3) is 5.91 Å². The van der Waals surface area contributed by atoms with E-state index in [0.29, 0.717) is 16.6 Å². The number of nitrogens with zero attached hydrogens (tertiary/aromatic N) is 2. The highest BCUT2D eigenvalue weighted by atomic mass is 35.5. The van der Waals surface area contributed by atoms with Crippen molar-refractivity contribution in [3.05, 3.63) is 34.9 Å². The summed E-state index contributed by atoms with van der Waals surface area (Å²) in [5.74, 6) is -0.333. The van der Waals surface area contributed by atoms with Crippen molar-refractivity contribution in [1.82, 2.24) is 15.1 Å². The largest absolute Gasteiger partial charge is 0.343 e. The Morgan fingerprint density at radius 3 is 2.42 bits per heavy atom. The van der Waals surface area contributed by atoms with E-state index in [0.717, 1.165) is 26.2 Å². The van der Waals surface area contributed by atoms with Crippen molar-refractivity contribution < 1.29 is 9.59 Å². The lowest BCUT2D eigenvalue weighted by Gasteiger charge is -2.38. The van der Waals surface area contributed by atoms with Crippen LogP contribution in [-0.4, -0.2) is 60.4 Å². The summed E-state index contributed by atoms with van der Waals surface area (Å²) < 4.78 is 0. The van der Waals surface area contributed by atoms with Crippen LogP contribution in [-0.2, 0) is 4.79 Å². The Morgan fingerprint density at radius 2 is 1.75 bits per heavy atom. The highest BCUT2D eigenvalue weighted by Gasteiger charge is 2.27. The first kappa shape index (κ1) is 17.2. The summed E-state index contributed by atoms with van der Waals surface area (Å²) in [4.78, 5) is 28.8. The zero-order valence-electron chi connectivity index (χ0n) is 13.8. The molecule has 130 valence electrons. The Kier molecular flexibility index (Phi) is 5.74. The second-order valence-electron chi connectivity index (χ2n) is 6.52. The summed E-state index contributed by atoms with van der Waals surface area (Å²) in [6.07, 6.45) is 5.25. The van der Waals surface area contributed by atoms with E-state index in [1.165, 1.54) is 25.7 Å². The van der Waals surface area contributed by atoms with Crippen molar-refractivity contribution in [3.8, 4) is 0 Å². The molecule has 0 aromatic heterocycles. The van der Waals surface area contributed by atoms with E-state index in [2.05, 4.69) is 10.2 Å². The highest BCUT2D eigenvalue weighted by Crippen LogP contribution is 2.24. The lowest BCUT2D eigenvalue weighted by atomic mass is 10.2. The summed E-state index contributed by atoms with van der Waals surface area (Å²) in [6.45, 7) is 3.39. The molecule has 0 unspecified atom stereocenters. The number of nitrogens with one attached hydrogen (secondary N) is 1. The molecule has 6 heteroatoms. The fourth-order valence-electron chi connectivity index (χ4n) is 3.61. The second kappa shape index (κ2) is 7.99. The number of halogens is 1. The number of hydrogen-bond donors (Lipinski definition) is 1. The molecule has 0 radical (unpaired) electrons. The van der Waals surface area contributed by atoms with Gasteiger partial charge in [-0.3, -0.25) is 14.5 Å². The van der Waals surface area contributed by atoms with E-state index in [-0.39, 0.29) is 18.4 Å². The summed E-state index contributed by atoms with van der Waals surface area (Å²) >= 11 is 6.00. The summed E-state index contributed by atoms with van der Waals surface area (Å²) in [7, 11) is 0. The van der Waals surface area contributed by atoms with Gasteiger partial charge in [0.2, 0.25) is 5.91 Å². The molecule has 1 heterocycles. The van der Waals surface area contributed by atoms with Gasteiger partial charge in [-0.15, -0.1) is 0 Å². The van der Waals surface area contributed by atoms with Crippen LogP contribution < -0.4 is 5.32 Å². The van der Waals surface area contributed by atoms with Crippen LogP contribution in [0, 0.1) is 0 Å². The SMILES string of the molecule is O=C(NCC(=O)N1CCN(C2CCCC2)CC1)c1ccccc1Cl. The van der Waals surface area contributed by atoms with Crippen molar-refractivity contribution in [2.24, 2.45) is 0 Å². The van der Waals surface area contributed by atoms with Crippen molar-refractivity contribution in [2.75, 3.05) is 32.7 Å². The van der Waals surface area contributed by atoms with Crippen molar-refractivity contribution in [3.63, 3.8) is 0 Å². The van der Waals surface area contributed by atoms with Crippen LogP contribution in [0.1, 0.15) is 36.0 Å². The molecule has 1 saturated heterocycles. The average molecular weight is 350 g/mol. The number of carbonyl (C=O) groups excluding carboxylic acids is 2. The lowest BCUT2D eigenvalue weighted by Crippen LogP contribution is -2.53. The first-order valence-electron chi connectivity index (χ1n) is 8.69. The lowest BCUT2D eigenvalue weighted by molar-refractivity contribution is -0.132. The van der Waals surface area contributed by atoms with E-state index < -0.39 is 0 Å². The molecule has 1 aromatic rings. The van der Waals surface area contributed by atoms with Crippen molar-refractivity contribution >= 4 is 23.4 Å². The number of piperazine rings is 1. The van der Waals surface area contributed by atoms with E-state index in [9.17, 15) is 9.59 Å². The third kappa shape index (κ3) is 4.08. The molecule has 2 aliphatic rings. The first-order chi connectivity index (χ1) is 11.6. The summed E-state index contributed by atoms with van der Waals surface area (Å²) in [5, 5.41) is 3.07. The maximum atomic E-state index is 12.3. The summed E-state index contributed by atoms with van der Waals surface area (Å²) in [5.41, 5.74) is 0.401.